The fourth-order valence-electron chi connectivity index (χ4n) is 6.67. The molecule has 3 heterocycles. The number of benzene rings is 5. The number of para-hydroxylation sites is 3. The number of aryl methyl sites for hydroxylation is 2. The van der Waals surface area contributed by atoms with E-state index in [2.05, 4.69) is 131 Å². The molecule has 3 nitrogen and oxygen atoms in total. The molecule has 0 saturated heterocycles. The molecule has 8 aromatic rings. The topological polar surface area (TPSA) is 14.8 Å². The molecule has 0 aliphatic carbocycles. The molecule has 0 saturated carbocycles. The van der Waals surface area contributed by atoms with Gasteiger partial charge in [0.25, 0.3) is 0 Å². The van der Waals surface area contributed by atoms with Crippen LogP contribution in [-0.4, -0.2) is 13.7 Å². The van der Waals surface area contributed by atoms with Crippen LogP contribution in [0.1, 0.15) is 12.5 Å². The summed E-state index contributed by atoms with van der Waals surface area (Å²) in [5.74, 6) is 0. The minimum atomic E-state index is 0.833. The van der Waals surface area contributed by atoms with Crippen LogP contribution in [0.15, 0.2) is 103 Å². The summed E-state index contributed by atoms with van der Waals surface area (Å²) in [5.41, 5.74) is 9.09. The van der Waals surface area contributed by atoms with Crippen LogP contribution >= 0.6 is 0 Å². The second-order valence-corrected chi connectivity index (χ2v) is 10.1. The number of rotatable bonds is 3. The second-order valence-electron chi connectivity index (χ2n) is 10.1. The summed E-state index contributed by atoms with van der Waals surface area (Å²) >= 11 is 0. The van der Waals surface area contributed by atoms with Gasteiger partial charge in [-0.3, -0.25) is 0 Å². The van der Waals surface area contributed by atoms with Crippen LogP contribution in [0.25, 0.3) is 65.4 Å². The number of hydrogen-bond acceptors (Lipinski definition) is 0. The van der Waals surface area contributed by atoms with Crippen molar-refractivity contribution in [3.8, 4) is 0 Å². The molecule has 0 amide bonds. The fraction of sp³-hybridized carbons (Fsp3) is 0.118. The third-order valence-electron chi connectivity index (χ3n) is 8.31. The van der Waals surface area contributed by atoms with Gasteiger partial charge < -0.3 is 13.7 Å². The Kier molecular flexibility index (Phi) is 4.19. The molecule has 0 unspecified atom stereocenters. The van der Waals surface area contributed by atoms with Crippen molar-refractivity contribution in [3.63, 3.8) is 0 Å². The molecular weight excluding hydrogens is 450 g/mol. The second kappa shape index (κ2) is 7.50. The van der Waals surface area contributed by atoms with E-state index in [1.807, 2.05) is 0 Å². The van der Waals surface area contributed by atoms with Crippen molar-refractivity contribution in [3.05, 3.63) is 109 Å². The molecule has 0 aliphatic rings. The van der Waals surface area contributed by atoms with Crippen molar-refractivity contribution in [2.24, 2.45) is 7.05 Å². The van der Waals surface area contributed by atoms with Crippen molar-refractivity contribution in [1.29, 1.82) is 0 Å². The minimum absolute atomic E-state index is 0.833. The highest BCUT2D eigenvalue weighted by Gasteiger charge is 2.18. The normalized spacial score (nSPS) is 12.3. The fourth-order valence-corrected chi connectivity index (χ4v) is 6.67. The lowest BCUT2D eigenvalue weighted by Crippen LogP contribution is -2.00. The first-order valence-electron chi connectivity index (χ1n) is 13.1. The first-order valence-corrected chi connectivity index (χ1v) is 13.1. The molecule has 0 fully saturated rings. The first kappa shape index (κ1) is 20.7. The van der Waals surface area contributed by atoms with Crippen LogP contribution in [0.2, 0.25) is 0 Å². The van der Waals surface area contributed by atoms with E-state index in [1.165, 1.54) is 71.0 Å². The van der Waals surface area contributed by atoms with E-state index in [4.69, 9.17) is 0 Å². The Morgan fingerprint density at radius 1 is 0.486 bits per heavy atom. The van der Waals surface area contributed by atoms with Gasteiger partial charge in [0, 0.05) is 80.0 Å². The number of hydrogen-bond donors (Lipinski definition) is 0. The van der Waals surface area contributed by atoms with E-state index >= 15 is 0 Å². The van der Waals surface area contributed by atoms with Gasteiger partial charge in [0.2, 0.25) is 0 Å². The molecule has 178 valence electrons. The van der Waals surface area contributed by atoms with Gasteiger partial charge in [-0.25, -0.2) is 0 Å². The van der Waals surface area contributed by atoms with Gasteiger partial charge in [-0.2, -0.15) is 0 Å². The van der Waals surface area contributed by atoms with Gasteiger partial charge >= 0.3 is 0 Å². The highest BCUT2D eigenvalue weighted by Crippen LogP contribution is 2.40. The lowest BCUT2D eigenvalue weighted by Gasteiger charge is -2.09. The largest absolute Gasteiger partial charge is 0.344 e. The van der Waals surface area contributed by atoms with Crippen LogP contribution in [-0.2, 0) is 20.1 Å². The summed E-state index contributed by atoms with van der Waals surface area (Å²) in [5, 5.41) is 8.03. The predicted octanol–water partition coefficient (Wildman–Crippen LogP) is 8.62. The molecule has 3 aromatic heterocycles. The highest BCUT2D eigenvalue weighted by atomic mass is 15.0. The molecule has 37 heavy (non-hydrogen) atoms. The molecule has 0 bridgehead atoms. The summed E-state index contributed by atoms with van der Waals surface area (Å²) in [6.45, 7) is 4.03. The van der Waals surface area contributed by atoms with E-state index in [-0.39, 0.29) is 0 Å². The van der Waals surface area contributed by atoms with Gasteiger partial charge in [0.05, 0.1) is 5.52 Å². The van der Waals surface area contributed by atoms with Crippen molar-refractivity contribution >= 4 is 65.4 Å². The third kappa shape index (κ3) is 2.71. The molecular formula is C34H27N3. The maximum Gasteiger partial charge on any atom is 0.0502 e. The molecule has 3 heteroatoms. The van der Waals surface area contributed by atoms with Crippen LogP contribution in [0, 0.1) is 0 Å². The van der Waals surface area contributed by atoms with Crippen LogP contribution in [0.3, 0.4) is 0 Å². The Labute approximate surface area is 214 Å². The summed E-state index contributed by atoms with van der Waals surface area (Å²) in [7, 11) is 2.18. The molecule has 5 aromatic carbocycles. The Hall–Kier alpha value is -4.50. The van der Waals surface area contributed by atoms with E-state index < -0.39 is 0 Å². The highest BCUT2D eigenvalue weighted by molar-refractivity contribution is 6.28. The summed E-state index contributed by atoms with van der Waals surface area (Å²) in [6, 6.07) is 38.1. The number of aromatic nitrogens is 3. The van der Waals surface area contributed by atoms with Crippen molar-refractivity contribution in [2.75, 3.05) is 0 Å². The maximum absolute atomic E-state index is 2.51. The van der Waals surface area contributed by atoms with Crippen LogP contribution in [0.5, 0.6) is 0 Å². The Morgan fingerprint density at radius 3 is 1.70 bits per heavy atom. The van der Waals surface area contributed by atoms with Crippen molar-refractivity contribution in [2.45, 2.75) is 20.0 Å². The SMILES string of the molecule is CCn1c2ccccc2c2c3c4ccccc4n(Cc4ccc5c6ccccc6n(C)c5c4)c3ccc21. The van der Waals surface area contributed by atoms with Gasteiger partial charge in [-0.05, 0) is 48.9 Å². The first-order chi connectivity index (χ1) is 18.2. The molecule has 0 atom stereocenters. The standard InChI is InChI=1S/C34H27N3/c1-3-36-28-14-8-5-11-25(28)33-30(36)18-19-31-34(33)26-12-6-9-15-29(26)37(31)21-22-16-17-24-23-10-4-7-13-27(23)35(2)32(24)20-22/h4-20H,3,21H2,1-2H3. The van der Waals surface area contributed by atoms with Crippen LogP contribution in [0.4, 0.5) is 0 Å². The monoisotopic (exact) mass is 477 g/mol. The van der Waals surface area contributed by atoms with E-state index in [0.29, 0.717) is 0 Å². The smallest absolute Gasteiger partial charge is 0.0502 e. The van der Waals surface area contributed by atoms with Gasteiger partial charge in [0.15, 0.2) is 0 Å². The number of nitrogens with zero attached hydrogens (tertiary/aromatic N) is 3. The molecule has 0 radical (unpaired) electrons. The Morgan fingerprint density at radius 2 is 1.03 bits per heavy atom. The predicted molar refractivity (Wildman–Crippen MR) is 158 cm³/mol. The van der Waals surface area contributed by atoms with E-state index in [0.717, 1.165) is 13.1 Å². The minimum Gasteiger partial charge on any atom is -0.344 e. The average molecular weight is 478 g/mol. The van der Waals surface area contributed by atoms with Crippen molar-refractivity contribution in [1.82, 2.24) is 13.7 Å². The zero-order valence-electron chi connectivity index (χ0n) is 21.1. The summed E-state index contributed by atoms with van der Waals surface area (Å²) in [6.07, 6.45) is 0. The summed E-state index contributed by atoms with van der Waals surface area (Å²) < 4.78 is 7.28. The molecule has 0 aliphatic heterocycles. The molecule has 8 rings (SSSR count). The number of fused-ring (bicyclic) bond motifs is 10. The maximum atomic E-state index is 2.51. The molecule has 0 spiro atoms. The lowest BCUT2D eigenvalue weighted by atomic mass is 10.1. The van der Waals surface area contributed by atoms with Gasteiger partial charge in [-0.1, -0.05) is 66.7 Å². The van der Waals surface area contributed by atoms with Crippen molar-refractivity contribution < 1.29 is 0 Å². The van der Waals surface area contributed by atoms with Gasteiger partial charge in [0.1, 0.15) is 0 Å². The third-order valence-corrected chi connectivity index (χ3v) is 8.31. The van der Waals surface area contributed by atoms with E-state index in [9.17, 15) is 0 Å². The van der Waals surface area contributed by atoms with Crippen LogP contribution < -0.4 is 0 Å². The summed E-state index contributed by atoms with van der Waals surface area (Å²) in [4.78, 5) is 0. The lowest BCUT2D eigenvalue weighted by molar-refractivity contribution is 0.827. The van der Waals surface area contributed by atoms with E-state index in [1.54, 1.807) is 0 Å². The zero-order valence-corrected chi connectivity index (χ0v) is 21.1. The Balaban J connectivity index is 1.41. The quantitative estimate of drug-likeness (QED) is 0.242. The Bertz CT molecular complexity index is 2170. The molecule has 0 N–H and O–H groups in total. The average Bonchev–Trinajstić information content (AvgIpc) is 3.55. The zero-order chi connectivity index (χ0) is 24.7. The van der Waals surface area contributed by atoms with Gasteiger partial charge in [-0.15, -0.1) is 0 Å².